The number of hydrogen-bond donors (Lipinski definition) is 2. The van der Waals surface area contributed by atoms with Crippen molar-refractivity contribution in [2.45, 2.75) is 31.2 Å². The molecule has 2 rings (SSSR count). The molecule has 1 fully saturated rings. The maximum atomic E-state index is 11.5. The molecule has 20 heavy (non-hydrogen) atoms. The first kappa shape index (κ1) is 15.0. The number of primary amides is 1. The highest BCUT2D eigenvalue weighted by atomic mass is 16.1. The number of amides is 1. The van der Waals surface area contributed by atoms with E-state index in [1.54, 1.807) is 7.05 Å². The molecule has 0 bridgehead atoms. The van der Waals surface area contributed by atoms with Gasteiger partial charge in [0.15, 0.2) is 0 Å². The van der Waals surface area contributed by atoms with Crippen molar-refractivity contribution < 1.29 is 4.79 Å². The number of nitrogens with one attached hydrogen (secondary N) is 1. The second kappa shape index (κ2) is 6.37. The first-order valence-electron chi connectivity index (χ1n) is 7.31. The summed E-state index contributed by atoms with van der Waals surface area (Å²) >= 11 is 0. The largest absolute Gasteiger partial charge is 0.368 e. The second-order valence-electron chi connectivity index (χ2n) is 5.89. The molecule has 4 heteroatoms. The number of carbonyl (C=O) groups is 1. The van der Waals surface area contributed by atoms with Crippen LogP contribution in [0.2, 0.25) is 0 Å². The summed E-state index contributed by atoms with van der Waals surface area (Å²) in [6.07, 6.45) is 1.94. The van der Waals surface area contributed by atoms with Crippen molar-refractivity contribution in [2.75, 3.05) is 26.7 Å². The minimum Gasteiger partial charge on any atom is -0.368 e. The van der Waals surface area contributed by atoms with Gasteiger partial charge < -0.3 is 16.0 Å². The quantitative estimate of drug-likeness (QED) is 0.823. The SMILES string of the molecule is CNC(C)(CCN1CCC(c2ccccc2)C1)C(N)=O. The molecule has 1 heterocycles. The number of benzene rings is 1. The van der Waals surface area contributed by atoms with E-state index >= 15 is 0 Å². The van der Waals surface area contributed by atoms with Crippen LogP contribution in [-0.4, -0.2) is 43.0 Å². The summed E-state index contributed by atoms with van der Waals surface area (Å²) in [4.78, 5) is 13.9. The summed E-state index contributed by atoms with van der Waals surface area (Å²) < 4.78 is 0. The first-order chi connectivity index (χ1) is 9.55. The van der Waals surface area contributed by atoms with Crippen LogP contribution in [0.4, 0.5) is 0 Å². The molecule has 1 aromatic rings. The Hall–Kier alpha value is -1.39. The van der Waals surface area contributed by atoms with Crippen LogP contribution in [0.1, 0.15) is 31.2 Å². The summed E-state index contributed by atoms with van der Waals surface area (Å²) in [7, 11) is 1.79. The van der Waals surface area contributed by atoms with Gasteiger partial charge in [-0.2, -0.15) is 0 Å². The molecule has 3 N–H and O–H groups in total. The van der Waals surface area contributed by atoms with E-state index in [1.165, 1.54) is 12.0 Å². The van der Waals surface area contributed by atoms with Crippen LogP contribution in [0.5, 0.6) is 0 Å². The Morgan fingerprint density at radius 2 is 2.15 bits per heavy atom. The van der Waals surface area contributed by atoms with Crippen LogP contribution in [0.3, 0.4) is 0 Å². The summed E-state index contributed by atoms with van der Waals surface area (Å²) in [6, 6.07) is 10.7. The number of nitrogens with zero attached hydrogens (tertiary/aromatic N) is 1. The Balaban J connectivity index is 1.86. The fraction of sp³-hybridized carbons (Fsp3) is 0.562. The molecule has 4 nitrogen and oxygen atoms in total. The van der Waals surface area contributed by atoms with Gasteiger partial charge in [-0.3, -0.25) is 4.79 Å². The predicted molar refractivity (Wildman–Crippen MR) is 81.5 cm³/mol. The van der Waals surface area contributed by atoms with Gasteiger partial charge in [-0.05, 0) is 44.8 Å². The lowest BCUT2D eigenvalue weighted by Gasteiger charge is -2.28. The fourth-order valence-corrected chi connectivity index (χ4v) is 2.79. The molecule has 0 aliphatic carbocycles. The lowest BCUT2D eigenvalue weighted by molar-refractivity contribution is -0.124. The van der Waals surface area contributed by atoms with Gasteiger partial charge in [0.25, 0.3) is 0 Å². The molecule has 0 aromatic heterocycles. The van der Waals surface area contributed by atoms with Gasteiger partial charge >= 0.3 is 0 Å². The zero-order valence-electron chi connectivity index (χ0n) is 12.4. The molecule has 0 saturated carbocycles. The Labute approximate surface area is 121 Å². The minimum atomic E-state index is -0.606. The lowest BCUT2D eigenvalue weighted by atomic mass is 9.97. The van der Waals surface area contributed by atoms with Crippen molar-refractivity contribution in [3.63, 3.8) is 0 Å². The highest BCUT2D eigenvalue weighted by Gasteiger charge is 2.31. The zero-order chi connectivity index (χ0) is 14.6. The number of likely N-dealkylation sites (tertiary alicyclic amines) is 1. The number of hydrogen-bond acceptors (Lipinski definition) is 3. The summed E-state index contributed by atoms with van der Waals surface area (Å²) in [6.45, 7) is 4.95. The highest BCUT2D eigenvalue weighted by molar-refractivity contribution is 5.84. The molecule has 2 atom stereocenters. The Morgan fingerprint density at radius 1 is 1.45 bits per heavy atom. The average molecular weight is 275 g/mol. The Bertz CT molecular complexity index is 448. The van der Waals surface area contributed by atoms with Crippen LogP contribution in [-0.2, 0) is 4.79 Å². The Morgan fingerprint density at radius 3 is 2.75 bits per heavy atom. The van der Waals surface area contributed by atoms with E-state index in [-0.39, 0.29) is 5.91 Å². The third-order valence-corrected chi connectivity index (χ3v) is 4.57. The molecule has 0 spiro atoms. The number of carbonyl (C=O) groups excluding carboxylic acids is 1. The van der Waals surface area contributed by atoms with Crippen LogP contribution in [0.15, 0.2) is 30.3 Å². The third kappa shape index (κ3) is 3.38. The van der Waals surface area contributed by atoms with Crippen molar-refractivity contribution in [3.05, 3.63) is 35.9 Å². The average Bonchev–Trinajstić information content (AvgIpc) is 2.94. The van der Waals surface area contributed by atoms with E-state index in [0.717, 1.165) is 26.1 Å². The molecular formula is C16H25N3O. The van der Waals surface area contributed by atoms with E-state index in [0.29, 0.717) is 5.92 Å². The lowest BCUT2D eigenvalue weighted by Crippen LogP contribution is -2.53. The standard InChI is InChI=1S/C16H25N3O/c1-16(18-2,15(17)20)9-11-19-10-8-14(12-19)13-6-4-3-5-7-13/h3-7,14,18H,8-12H2,1-2H3,(H2,17,20). The highest BCUT2D eigenvalue weighted by Crippen LogP contribution is 2.27. The molecule has 1 saturated heterocycles. The molecular weight excluding hydrogens is 250 g/mol. The molecule has 1 aromatic carbocycles. The Kier molecular flexibility index (Phi) is 4.78. The van der Waals surface area contributed by atoms with E-state index in [2.05, 4.69) is 40.5 Å². The van der Waals surface area contributed by atoms with Gasteiger partial charge in [0.2, 0.25) is 5.91 Å². The number of nitrogens with two attached hydrogens (primary N) is 1. The third-order valence-electron chi connectivity index (χ3n) is 4.57. The first-order valence-corrected chi connectivity index (χ1v) is 7.31. The molecule has 0 radical (unpaired) electrons. The van der Waals surface area contributed by atoms with Crippen LogP contribution in [0, 0.1) is 0 Å². The fourth-order valence-electron chi connectivity index (χ4n) is 2.79. The molecule has 1 aliphatic heterocycles. The van der Waals surface area contributed by atoms with Gasteiger partial charge in [0, 0.05) is 13.1 Å². The van der Waals surface area contributed by atoms with E-state index in [4.69, 9.17) is 5.73 Å². The predicted octanol–water partition coefficient (Wildman–Crippen LogP) is 1.33. The maximum absolute atomic E-state index is 11.5. The smallest absolute Gasteiger partial charge is 0.237 e. The summed E-state index contributed by atoms with van der Waals surface area (Å²) in [5, 5.41) is 3.04. The van der Waals surface area contributed by atoms with Crippen LogP contribution >= 0.6 is 0 Å². The van der Waals surface area contributed by atoms with Gasteiger partial charge in [0.05, 0.1) is 5.54 Å². The zero-order valence-corrected chi connectivity index (χ0v) is 12.4. The maximum Gasteiger partial charge on any atom is 0.237 e. The molecule has 2 unspecified atom stereocenters. The van der Waals surface area contributed by atoms with Crippen molar-refractivity contribution >= 4 is 5.91 Å². The minimum absolute atomic E-state index is 0.279. The monoisotopic (exact) mass is 275 g/mol. The second-order valence-corrected chi connectivity index (χ2v) is 5.89. The molecule has 1 amide bonds. The van der Waals surface area contributed by atoms with Crippen LogP contribution < -0.4 is 11.1 Å². The van der Waals surface area contributed by atoms with Gasteiger partial charge in [0.1, 0.15) is 0 Å². The number of rotatable bonds is 6. The molecule has 1 aliphatic rings. The van der Waals surface area contributed by atoms with Gasteiger partial charge in [-0.25, -0.2) is 0 Å². The van der Waals surface area contributed by atoms with Crippen molar-refractivity contribution in [1.82, 2.24) is 10.2 Å². The van der Waals surface area contributed by atoms with Crippen molar-refractivity contribution in [3.8, 4) is 0 Å². The van der Waals surface area contributed by atoms with E-state index < -0.39 is 5.54 Å². The van der Waals surface area contributed by atoms with E-state index in [1.807, 2.05) is 6.92 Å². The summed E-state index contributed by atoms with van der Waals surface area (Å²) in [5.74, 6) is 0.337. The molecule has 110 valence electrons. The summed E-state index contributed by atoms with van der Waals surface area (Å²) in [5.41, 5.74) is 6.28. The van der Waals surface area contributed by atoms with Crippen LogP contribution in [0.25, 0.3) is 0 Å². The normalized spacial score (nSPS) is 22.6. The van der Waals surface area contributed by atoms with Gasteiger partial charge in [-0.1, -0.05) is 30.3 Å². The topological polar surface area (TPSA) is 58.4 Å². The van der Waals surface area contributed by atoms with E-state index in [9.17, 15) is 4.79 Å². The number of likely N-dealkylation sites (N-methyl/N-ethyl adjacent to an activating group) is 1. The van der Waals surface area contributed by atoms with Crippen molar-refractivity contribution in [2.24, 2.45) is 5.73 Å². The van der Waals surface area contributed by atoms with Gasteiger partial charge in [-0.15, -0.1) is 0 Å². The van der Waals surface area contributed by atoms with Crippen molar-refractivity contribution in [1.29, 1.82) is 0 Å².